The van der Waals surface area contributed by atoms with E-state index in [9.17, 15) is 4.79 Å². The first-order valence-corrected chi connectivity index (χ1v) is 8.81. The number of nitrogens with zero attached hydrogens (tertiary/aromatic N) is 4. The Balaban J connectivity index is 1.55. The van der Waals surface area contributed by atoms with Crippen molar-refractivity contribution in [3.05, 3.63) is 34.6 Å². The maximum absolute atomic E-state index is 12.1. The number of anilines is 1. The van der Waals surface area contributed by atoms with Gasteiger partial charge in [0.2, 0.25) is 5.91 Å². The summed E-state index contributed by atoms with van der Waals surface area (Å²) >= 11 is 0. The van der Waals surface area contributed by atoms with Gasteiger partial charge < -0.3 is 14.7 Å². The summed E-state index contributed by atoms with van der Waals surface area (Å²) in [5.41, 5.74) is 2.79. The zero-order chi connectivity index (χ0) is 17.8. The first kappa shape index (κ1) is 17.4. The van der Waals surface area contributed by atoms with Gasteiger partial charge in [0.1, 0.15) is 17.4 Å². The largest absolute Gasteiger partial charge is 0.361 e. The van der Waals surface area contributed by atoms with E-state index in [1.807, 2.05) is 26.8 Å². The van der Waals surface area contributed by atoms with E-state index in [4.69, 9.17) is 4.52 Å². The molecule has 2 aromatic heterocycles. The zero-order valence-electron chi connectivity index (χ0n) is 15.1. The Bertz CT molecular complexity index is 730. The Labute approximate surface area is 147 Å². The molecule has 3 rings (SSSR count). The van der Waals surface area contributed by atoms with E-state index in [1.54, 1.807) is 0 Å². The number of hydrogen-bond donors (Lipinski definition) is 1. The molecule has 1 fully saturated rings. The van der Waals surface area contributed by atoms with E-state index in [0.29, 0.717) is 25.2 Å². The summed E-state index contributed by atoms with van der Waals surface area (Å²) in [5, 5.41) is 6.83. The van der Waals surface area contributed by atoms with Crippen LogP contribution in [0.4, 0.5) is 5.82 Å². The van der Waals surface area contributed by atoms with Crippen LogP contribution in [0.2, 0.25) is 0 Å². The van der Waals surface area contributed by atoms with E-state index in [0.717, 1.165) is 41.6 Å². The number of carbonyl (C=O) groups excluding carboxylic acids is 1. The summed E-state index contributed by atoms with van der Waals surface area (Å²) in [6, 6.07) is 2.01. The highest BCUT2D eigenvalue weighted by molar-refractivity contribution is 5.76. The summed E-state index contributed by atoms with van der Waals surface area (Å²) in [5.74, 6) is 2.38. The summed E-state index contributed by atoms with van der Waals surface area (Å²) in [7, 11) is 0. The molecule has 1 amide bonds. The topological polar surface area (TPSA) is 84.2 Å². The molecule has 0 radical (unpaired) electrons. The van der Waals surface area contributed by atoms with Crippen molar-refractivity contribution in [1.29, 1.82) is 0 Å². The van der Waals surface area contributed by atoms with Gasteiger partial charge in [0, 0.05) is 36.8 Å². The van der Waals surface area contributed by atoms with Crippen molar-refractivity contribution in [3.63, 3.8) is 0 Å². The molecule has 3 heterocycles. The monoisotopic (exact) mass is 343 g/mol. The van der Waals surface area contributed by atoms with Crippen LogP contribution >= 0.6 is 0 Å². The number of nitrogens with one attached hydrogen (secondary N) is 1. The number of carbonyl (C=O) groups is 1. The quantitative estimate of drug-likeness (QED) is 0.866. The normalized spacial score (nSPS) is 14.1. The molecule has 7 heteroatoms. The first-order valence-electron chi connectivity index (χ1n) is 8.81. The molecule has 7 nitrogen and oxygen atoms in total. The van der Waals surface area contributed by atoms with Crippen LogP contribution < -0.4 is 10.2 Å². The molecule has 2 aromatic rings. The van der Waals surface area contributed by atoms with Crippen LogP contribution in [0.25, 0.3) is 0 Å². The molecule has 0 bridgehead atoms. The molecule has 25 heavy (non-hydrogen) atoms. The summed E-state index contributed by atoms with van der Waals surface area (Å²) in [6.45, 7) is 8.16. The lowest BCUT2D eigenvalue weighted by atomic mass is 10.1. The SMILES string of the molecule is Cc1cc(N2CCCC2)nc(CNC(=O)CCc2c(C)noc2C)n1. The molecule has 0 saturated carbocycles. The lowest BCUT2D eigenvalue weighted by Gasteiger charge is -2.17. The van der Waals surface area contributed by atoms with E-state index < -0.39 is 0 Å². The highest BCUT2D eigenvalue weighted by Crippen LogP contribution is 2.18. The second kappa shape index (κ2) is 7.63. The predicted molar refractivity (Wildman–Crippen MR) is 94.4 cm³/mol. The number of amides is 1. The van der Waals surface area contributed by atoms with Crippen molar-refractivity contribution in [1.82, 2.24) is 20.4 Å². The molecule has 0 spiro atoms. The second-order valence-corrected chi connectivity index (χ2v) is 6.56. The minimum Gasteiger partial charge on any atom is -0.361 e. The van der Waals surface area contributed by atoms with Gasteiger partial charge in [-0.2, -0.15) is 0 Å². The van der Waals surface area contributed by atoms with Gasteiger partial charge >= 0.3 is 0 Å². The Hall–Kier alpha value is -2.44. The van der Waals surface area contributed by atoms with Crippen LogP contribution in [0.15, 0.2) is 10.6 Å². The molecule has 1 saturated heterocycles. The minimum absolute atomic E-state index is 0.0205. The van der Waals surface area contributed by atoms with Gasteiger partial charge in [-0.15, -0.1) is 0 Å². The number of aryl methyl sites for hydroxylation is 3. The highest BCUT2D eigenvalue weighted by atomic mass is 16.5. The molecule has 1 aliphatic heterocycles. The van der Waals surface area contributed by atoms with Crippen LogP contribution in [-0.4, -0.2) is 34.1 Å². The molecule has 0 atom stereocenters. The van der Waals surface area contributed by atoms with Crippen LogP contribution in [-0.2, 0) is 17.8 Å². The van der Waals surface area contributed by atoms with E-state index >= 15 is 0 Å². The molecule has 1 N–H and O–H groups in total. The molecule has 134 valence electrons. The molecular weight excluding hydrogens is 318 g/mol. The van der Waals surface area contributed by atoms with E-state index in [1.165, 1.54) is 12.8 Å². The molecule has 1 aliphatic rings. The number of rotatable bonds is 6. The first-order chi connectivity index (χ1) is 12.0. The molecule has 0 aromatic carbocycles. The van der Waals surface area contributed by atoms with Crippen molar-refractivity contribution in [2.75, 3.05) is 18.0 Å². The van der Waals surface area contributed by atoms with Gasteiger partial charge in [0.05, 0.1) is 12.2 Å². The third kappa shape index (κ3) is 4.35. The highest BCUT2D eigenvalue weighted by Gasteiger charge is 2.16. The Kier molecular flexibility index (Phi) is 5.31. The van der Waals surface area contributed by atoms with Crippen molar-refractivity contribution in [2.45, 2.75) is 53.0 Å². The number of hydrogen-bond acceptors (Lipinski definition) is 6. The Morgan fingerprint density at radius 3 is 2.68 bits per heavy atom. The van der Waals surface area contributed by atoms with Crippen molar-refractivity contribution in [3.8, 4) is 0 Å². The predicted octanol–water partition coefficient (Wildman–Crippen LogP) is 2.24. The number of aromatic nitrogens is 3. The third-order valence-corrected chi connectivity index (χ3v) is 4.54. The fourth-order valence-electron chi connectivity index (χ4n) is 3.16. The lowest BCUT2D eigenvalue weighted by Crippen LogP contribution is -2.26. The van der Waals surface area contributed by atoms with Gasteiger partial charge in [0.15, 0.2) is 0 Å². The van der Waals surface area contributed by atoms with Gasteiger partial charge in [-0.3, -0.25) is 4.79 Å². The average molecular weight is 343 g/mol. The minimum atomic E-state index is -0.0205. The van der Waals surface area contributed by atoms with Gasteiger partial charge in [-0.1, -0.05) is 5.16 Å². The fourth-order valence-corrected chi connectivity index (χ4v) is 3.16. The van der Waals surface area contributed by atoms with Crippen LogP contribution in [0, 0.1) is 20.8 Å². The smallest absolute Gasteiger partial charge is 0.220 e. The molecule has 0 aliphatic carbocycles. The summed E-state index contributed by atoms with van der Waals surface area (Å²) in [4.78, 5) is 23.4. The van der Waals surface area contributed by atoms with Crippen LogP contribution in [0.3, 0.4) is 0 Å². The standard InChI is InChI=1S/C18H25N5O2/c1-12-10-17(23-8-4-5-9-23)21-16(20-12)11-19-18(24)7-6-15-13(2)22-25-14(15)3/h10H,4-9,11H2,1-3H3,(H,19,24). The molecule has 0 unspecified atom stereocenters. The fraction of sp³-hybridized carbons (Fsp3) is 0.556. The lowest BCUT2D eigenvalue weighted by molar-refractivity contribution is -0.121. The Morgan fingerprint density at radius 1 is 1.24 bits per heavy atom. The van der Waals surface area contributed by atoms with Crippen molar-refractivity contribution >= 4 is 11.7 Å². The third-order valence-electron chi connectivity index (χ3n) is 4.54. The van der Waals surface area contributed by atoms with Gasteiger partial charge in [-0.25, -0.2) is 9.97 Å². The van der Waals surface area contributed by atoms with Crippen LogP contribution in [0.1, 0.15) is 47.8 Å². The van der Waals surface area contributed by atoms with Crippen molar-refractivity contribution < 1.29 is 9.32 Å². The zero-order valence-corrected chi connectivity index (χ0v) is 15.1. The van der Waals surface area contributed by atoms with E-state index in [2.05, 4.69) is 25.3 Å². The summed E-state index contributed by atoms with van der Waals surface area (Å²) in [6.07, 6.45) is 3.43. The van der Waals surface area contributed by atoms with Crippen LogP contribution in [0.5, 0.6) is 0 Å². The maximum atomic E-state index is 12.1. The van der Waals surface area contributed by atoms with Gasteiger partial charge in [-0.05, 0) is 40.0 Å². The Morgan fingerprint density at radius 2 is 2.00 bits per heavy atom. The maximum Gasteiger partial charge on any atom is 0.220 e. The summed E-state index contributed by atoms with van der Waals surface area (Å²) < 4.78 is 5.13. The average Bonchev–Trinajstić information content (AvgIpc) is 3.22. The second-order valence-electron chi connectivity index (χ2n) is 6.56. The van der Waals surface area contributed by atoms with Crippen molar-refractivity contribution in [2.24, 2.45) is 0 Å². The van der Waals surface area contributed by atoms with Gasteiger partial charge in [0.25, 0.3) is 0 Å². The van der Waals surface area contributed by atoms with E-state index in [-0.39, 0.29) is 5.91 Å². The molecular formula is C18H25N5O2.